The highest BCUT2D eigenvalue weighted by Crippen LogP contribution is 2.63. The van der Waals surface area contributed by atoms with Crippen molar-refractivity contribution in [2.24, 2.45) is 0 Å². The Labute approximate surface area is 312 Å². The predicted molar refractivity (Wildman–Crippen MR) is 221 cm³/mol. The minimum absolute atomic E-state index is 0.0131. The van der Waals surface area contributed by atoms with E-state index in [1.54, 1.807) is 5.57 Å². The third-order valence-corrected chi connectivity index (χ3v) is 12.6. The lowest BCUT2D eigenvalue weighted by atomic mass is 9.70. The molecule has 11 rings (SSSR count). The number of nitrogens with zero attached hydrogens (tertiary/aromatic N) is 1. The Hall–Kier alpha value is -6.18. The first-order valence-corrected chi connectivity index (χ1v) is 19.0. The second-order valence-corrected chi connectivity index (χ2v) is 15.6. The van der Waals surface area contributed by atoms with E-state index in [9.17, 15) is 0 Å². The van der Waals surface area contributed by atoms with E-state index in [4.69, 9.17) is 0 Å². The van der Waals surface area contributed by atoms with Crippen LogP contribution in [0, 0.1) is 0 Å². The summed E-state index contributed by atoms with van der Waals surface area (Å²) < 4.78 is 0. The van der Waals surface area contributed by atoms with Crippen LogP contribution in [0.25, 0.3) is 39.0 Å². The summed E-state index contributed by atoms with van der Waals surface area (Å²) in [6, 6.07) is 61.4. The molecular weight excluding hydrogens is 639 g/mol. The number of anilines is 3. The summed E-state index contributed by atoms with van der Waals surface area (Å²) in [4.78, 5) is 2.47. The zero-order valence-corrected chi connectivity index (χ0v) is 30.1. The molecule has 4 aliphatic carbocycles. The van der Waals surface area contributed by atoms with Gasteiger partial charge in [-0.1, -0.05) is 159 Å². The maximum Gasteiger partial charge on any atom is 0.0725 e. The van der Waals surface area contributed by atoms with Crippen molar-refractivity contribution in [1.29, 1.82) is 0 Å². The molecule has 0 bridgehead atoms. The van der Waals surface area contributed by atoms with Gasteiger partial charge in [0.2, 0.25) is 0 Å². The molecule has 0 radical (unpaired) electrons. The Morgan fingerprint density at radius 2 is 0.962 bits per heavy atom. The zero-order valence-electron chi connectivity index (χ0n) is 30.1. The largest absolute Gasteiger partial charge is 0.310 e. The Bertz CT molecular complexity index is 2640. The Kier molecular flexibility index (Phi) is 6.41. The summed E-state index contributed by atoms with van der Waals surface area (Å²) in [5.74, 6) is 0. The van der Waals surface area contributed by atoms with Crippen molar-refractivity contribution in [3.05, 3.63) is 215 Å². The molecular formula is C52H39N. The van der Waals surface area contributed by atoms with Gasteiger partial charge in [-0.25, -0.2) is 0 Å². The molecule has 0 unspecified atom stereocenters. The lowest BCUT2D eigenvalue weighted by molar-refractivity contribution is 0.607. The fourth-order valence-electron chi connectivity index (χ4n) is 10.3. The molecule has 53 heavy (non-hydrogen) atoms. The molecule has 0 saturated carbocycles. The van der Waals surface area contributed by atoms with Crippen molar-refractivity contribution in [3.63, 3.8) is 0 Å². The summed E-state index contributed by atoms with van der Waals surface area (Å²) in [5.41, 5.74) is 22.1. The molecule has 0 aromatic heterocycles. The van der Waals surface area contributed by atoms with Gasteiger partial charge < -0.3 is 4.90 Å². The first-order chi connectivity index (χ1) is 26.0. The normalized spacial score (nSPS) is 16.1. The highest BCUT2D eigenvalue weighted by molar-refractivity contribution is 5.97. The van der Waals surface area contributed by atoms with E-state index in [1.165, 1.54) is 78.0 Å². The maximum atomic E-state index is 2.47. The minimum atomic E-state index is -0.352. The molecule has 4 aliphatic rings. The first kappa shape index (κ1) is 30.4. The van der Waals surface area contributed by atoms with E-state index in [1.807, 2.05) is 0 Å². The minimum Gasteiger partial charge on any atom is -0.310 e. The van der Waals surface area contributed by atoms with Crippen molar-refractivity contribution >= 4 is 22.6 Å². The summed E-state index contributed by atoms with van der Waals surface area (Å²) in [5, 5.41) is 0. The van der Waals surface area contributed by atoms with Gasteiger partial charge in [0.25, 0.3) is 0 Å². The van der Waals surface area contributed by atoms with Crippen LogP contribution in [-0.4, -0.2) is 0 Å². The van der Waals surface area contributed by atoms with Gasteiger partial charge in [0, 0.05) is 22.5 Å². The van der Waals surface area contributed by atoms with E-state index >= 15 is 0 Å². The van der Waals surface area contributed by atoms with Gasteiger partial charge >= 0.3 is 0 Å². The number of hydrogen-bond donors (Lipinski definition) is 0. The van der Waals surface area contributed by atoms with Crippen LogP contribution >= 0.6 is 0 Å². The molecule has 1 heteroatoms. The van der Waals surface area contributed by atoms with Crippen molar-refractivity contribution in [2.45, 2.75) is 37.5 Å². The van der Waals surface area contributed by atoms with Crippen LogP contribution < -0.4 is 4.90 Å². The molecule has 252 valence electrons. The molecule has 0 saturated heterocycles. The van der Waals surface area contributed by atoms with E-state index < -0.39 is 0 Å². The van der Waals surface area contributed by atoms with Gasteiger partial charge in [-0.05, 0) is 122 Å². The quantitative estimate of drug-likeness (QED) is 0.179. The van der Waals surface area contributed by atoms with E-state index in [0.29, 0.717) is 0 Å². The van der Waals surface area contributed by atoms with Crippen LogP contribution in [-0.2, 0) is 10.8 Å². The molecule has 0 N–H and O–H groups in total. The third kappa shape index (κ3) is 4.14. The SMILES string of the molecule is CC1(C)C2=C(C=CCC2)c2ccc(N(c3ccc(-c4ccccc4)cc3)c3ccc4c(c3)-c3ccccc3C43c4ccccc4-c4ccccc43)cc21. The van der Waals surface area contributed by atoms with E-state index in [0.717, 1.165) is 24.2 Å². The second kappa shape index (κ2) is 11.2. The molecule has 0 amide bonds. The third-order valence-electron chi connectivity index (χ3n) is 12.6. The number of allylic oxidation sites excluding steroid dienone is 4. The molecule has 0 atom stereocenters. The average Bonchev–Trinajstić information content (AvgIpc) is 3.77. The number of benzene rings is 7. The highest BCUT2D eigenvalue weighted by atomic mass is 15.1. The Morgan fingerprint density at radius 1 is 0.434 bits per heavy atom. The highest BCUT2D eigenvalue weighted by Gasteiger charge is 2.51. The fourth-order valence-corrected chi connectivity index (χ4v) is 10.3. The maximum absolute atomic E-state index is 2.47. The predicted octanol–water partition coefficient (Wildman–Crippen LogP) is 13.6. The van der Waals surface area contributed by atoms with Gasteiger partial charge in [0.15, 0.2) is 0 Å². The molecule has 1 spiro atoms. The van der Waals surface area contributed by atoms with Crippen LogP contribution in [0.15, 0.2) is 182 Å². The van der Waals surface area contributed by atoms with Crippen LogP contribution in [0.4, 0.5) is 17.1 Å². The van der Waals surface area contributed by atoms with Crippen LogP contribution in [0.5, 0.6) is 0 Å². The van der Waals surface area contributed by atoms with Gasteiger partial charge in [0.05, 0.1) is 5.41 Å². The summed E-state index contributed by atoms with van der Waals surface area (Å²) in [6.07, 6.45) is 6.95. The number of fused-ring (bicyclic) bond motifs is 12. The van der Waals surface area contributed by atoms with Gasteiger partial charge in [-0.15, -0.1) is 0 Å². The first-order valence-electron chi connectivity index (χ1n) is 19.0. The second-order valence-electron chi connectivity index (χ2n) is 15.6. The van der Waals surface area contributed by atoms with Crippen molar-refractivity contribution in [2.75, 3.05) is 4.90 Å². The van der Waals surface area contributed by atoms with Crippen molar-refractivity contribution in [1.82, 2.24) is 0 Å². The van der Waals surface area contributed by atoms with Crippen LogP contribution in [0.3, 0.4) is 0 Å². The smallest absolute Gasteiger partial charge is 0.0725 e. The van der Waals surface area contributed by atoms with E-state index in [-0.39, 0.29) is 10.8 Å². The molecule has 7 aromatic rings. The fraction of sp³-hybridized carbons (Fsp3) is 0.115. The summed E-state index contributed by atoms with van der Waals surface area (Å²) in [6.45, 7) is 4.83. The molecule has 0 aliphatic heterocycles. The van der Waals surface area contributed by atoms with Gasteiger partial charge in [-0.2, -0.15) is 0 Å². The lowest BCUT2D eigenvalue weighted by Gasteiger charge is -2.31. The topological polar surface area (TPSA) is 3.24 Å². The van der Waals surface area contributed by atoms with Crippen molar-refractivity contribution in [3.8, 4) is 33.4 Å². The van der Waals surface area contributed by atoms with E-state index in [2.05, 4.69) is 195 Å². The zero-order chi connectivity index (χ0) is 35.3. The summed E-state index contributed by atoms with van der Waals surface area (Å²) >= 11 is 0. The Balaban J connectivity index is 1.12. The molecule has 7 aromatic carbocycles. The number of rotatable bonds is 4. The summed E-state index contributed by atoms with van der Waals surface area (Å²) in [7, 11) is 0. The molecule has 0 fully saturated rings. The average molecular weight is 678 g/mol. The standard InChI is InChI=1S/C52H39N/c1-51(2)45-20-10-6-16-39(45)43-30-28-38(33-50(43)51)53(36-26-24-35(25-27-36)34-14-4-3-5-15-34)37-29-31-49-44(32-37)42-19-9-13-23-48(42)52(49)46-21-11-7-17-40(46)41-18-8-12-22-47(41)52/h3-9,11-19,21-33H,10,20H2,1-2H3. The monoisotopic (exact) mass is 677 g/mol. The Morgan fingerprint density at radius 3 is 1.64 bits per heavy atom. The lowest BCUT2D eigenvalue weighted by Crippen LogP contribution is -2.25. The van der Waals surface area contributed by atoms with Crippen LogP contribution in [0.1, 0.15) is 60.1 Å². The van der Waals surface area contributed by atoms with Gasteiger partial charge in [-0.3, -0.25) is 0 Å². The molecule has 1 nitrogen and oxygen atoms in total. The van der Waals surface area contributed by atoms with Crippen molar-refractivity contribution < 1.29 is 0 Å². The number of hydrogen-bond acceptors (Lipinski definition) is 1. The van der Waals surface area contributed by atoms with Crippen LogP contribution in [0.2, 0.25) is 0 Å². The molecule has 0 heterocycles. The van der Waals surface area contributed by atoms with Gasteiger partial charge in [0.1, 0.15) is 0 Å².